The van der Waals surface area contributed by atoms with Gasteiger partial charge in [0.05, 0.1) is 13.2 Å². The number of benzene rings is 2. The van der Waals surface area contributed by atoms with E-state index >= 15 is 0 Å². The van der Waals surface area contributed by atoms with Crippen LogP contribution in [0, 0.1) is 0 Å². The highest BCUT2D eigenvalue weighted by Gasteiger charge is 2.27. The molecule has 0 spiro atoms. The van der Waals surface area contributed by atoms with E-state index in [4.69, 9.17) is 9.47 Å². The summed E-state index contributed by atoms with van der Waals surface area (Å²) in [4.78, 5) is 14.0. The van der Waals surface area contributed by atoms with Crippen molar-refractivity contribution < 1.29 is 14.3 Å². The molecule has 0 N–H and O–H groups in total. The van der Waals surface area contributed by atoms with Crippen LogP contribution in [0.5, 0.6) is 0 Å². The van der Waals surface area contributed by atoms with Crippen molar-refractivity contribution in [2.45, 2.75) is 52.7 Å². The van der Waals surface area contributed by atoms with Crippen molar-refractivity contribution in [2.75, 3.05) is 0 Å². The lowest BCUT2D eigenvalue weighted by Crippen LogP contribution is -2.33. The molecule has 0 aliphatic carbocycles. The molecule has 3 rings (SSSR count). The zero-order valence-electron chi connectivity index (χ0n) is 15.1. The Hall–Kier alpha value is -2.33. The molecule has 0 saturated heterocycles. The predicted octanol–water partition coefficient (Wildman–Crippen LogP) is 4.65. The average molecular weight is 339 g/mol. The Morgan fingerprint density at radius 1 is 0.960 bits per heavy atom. The monoisotopic (exact) mass is 339 g/mol. The van der Waals surface area contributed by atoms with Gasteiger partial charge in [-0.05, 0) is 43.0 Å². The van der Waals surface area contributed by atoms with E-state index in [-0.39, 0.29) is 6.09 Å². The van der Waals surface area contributed by atoms with Crippen LogP contribution >= 0.6 is 0 Å². The molecule has 25 heavy (non-hydrogen) atoms. The van der Waals surface area contributed by atoms with Gasteiger partial charge < -0.3 is 9.47 Å². The SMILES string of the molecule is CC(C)(C)OC(=O)N1Cc2ccc(COCc3ccccc3)cc2C1. The fourth-order valence-corrected chi connectivity index (χ4v) is 2.85. The second-order valence-electron chi connectivity index (χ2n) is 7.42. The van der Waals surface area contributed by atoms with Gasteiger partial charge in [-0.25, -0.2) is 4.79 Å². The summed E-state index contributed by atoms with van der Waals surface area (Å²) in [6, 6.07) is 16.4. The van der Waals surface area contributed by atoms with Crippen molar-refractivity contribution in [1.29, 1.82) is 0 Å². The maximum Gasteiger partial charge on any atom is 0.410 e. The fourth-order valence-electron chi connectivity index (χ4n) is 2.85. The Balaban J connectivity index is 1.56. The Bertz CT molecular complexity index is 735. The summed E-state index contributed by atoms with van der Waals surface area (Å²) >= 11 is 0. The summed E-state index contributed by atoms with van der Waals surface area (Å²) in [5.41, 5.74) is 4.17. The lowest BCUT2D eigenvalue weighted by atomic mass is 10.1. The van der Waals surface area contributed by atoms with Gasteiger partial charge in [0.1, 0.15) is 5.60 Å². The van der Waals surface area contributed by atoms with Crippen molar-refractivity contribution in [3.63, 3.8) is 0 Å². The first-order chi connectivity index (χ1) is 11.9. The summed E-state index contributed by atoms with van der Waals surface area (Å²) in [5, 5.41) is 0. The molecule has 132 valence electrons. The lowest BCUT2D eigenvalue weighted by Gasteiger charge is -2.24. The summed E-state index contributed by atoms with van der Waals surface area (Å²) in [6.07, 6.45) is -0.259. The lowest BCUT2D eigenvalue weighted by molar-refractivity contribution is 0.0242. The molecule has 0 bridgehead atoms. The van der Waals surface area contributed by atoms with E-state index < -0.39 is 5.60 Å². The van der Waals surface area contributed by atoms with Crippen LogP contribution in [-0.4, -0.2) is 16.6 Å². The van der Waals surface area contributed by atoms with E-state index in [1.165, 1.54) is 16.7 Å². The minimum atomic E-state index is -0.470. The standard InChI is InChI=1S/C21H25NO3/c1-21(2,3)25-20(23)22-12-18-10-9-17(11-19(18)13-22)15-24-14-16-7-5-4-6-8-16/h4-11H,12-15H2,1-3H3. The number of ether oxygens (including phenoxy) is 2. The maximum atomic E-state index is 12.2. The molecular formula is C21H25NO3. The van der Waals surface area contributed by atoms with Crippen LogP contribution in [-0.2, 0) is 35.8 Å². The van der Waals surface area contributed by atoms with Gasteiger partial charge in [-0.1, -0.05) is 48.5 Å². The van der Waals surface area contributed by atoms with Gasteiger partial charge in [0.15, 0.2) is 0 Å². The van der Waals surface area contributed by atoms with Crippen LogP contribution in [0.25, 0.3) is 0 Å². The van der Waals surface area contributed by atoms with Gasteiger partial charge in [-0.15, -0.1) is 0 Å². The summed E-state index contributed by atoms with van der Waals surface area (Å²) in [7, 11) is 0. The van der Waals surface area contributed by atoms with Gasteiger partial charge in [0, 0.05) is 13.1 Å². The van der Waals surface area contributed by atoms with Crippen LogP contribution < -0.4 is 0 Å². The minimum absolute atomic E-state index is 0.259. The van der Waals surface area contributed by atoms with E-state index in [2.05, 4.69) is 30.3 Å². The smallest absolute Gasteiger partial charge is 0.410 e. The van der Waals surface area contributed by atoms with E-state index in [0.29, 0.717) is 26.3 Å². The van der Waals surface area contributed by atoms with Crippen LogP contribution in [0.4, 0.5) is 4.79 Å². The van der Waals surface area contributed by atoms with Gasteiger partial charge >= 0.3 is 6.09 Å². The van der Waals surface area contributed by atoms with E-state index in [1.807, 2.05) is 39.0 Å². The van der Waals surface area contributed by atoms with Gasteiger partial charge in [0.25, 0.3) is 0 Å². The van der Waals surface area contributed by atoms with Crippen molar-refractivity contribution in [2.24, 2.45) is 0 Å². The summed E-state index contributed by atoms with van der Waals surface area (Å²) in [6.45, 7) is 8.02. The number of nitrogens with zero attached hydrogens (tertiary/aromatic N) is 1. The topological polar surface area (TPSA) is 38.8 Å². The molecule has 1 heterocycles. The molecule has 4 heteroatoms. The number of fused-ring (bicyclic) bond motifs is 1. The fraction of sp³-hybridized carbons (Fsp3) is 0.381. The highest BCUT2D eigenvalue weighted by molar-refractivity contribution is 5.69. The molecule has 2 aromatic carbocycles. The summed E-state index contributed by atoms with van der Waals surface area (Å²) in [5.74, 6) is 0. The Labute approximate surface area is 149 Å². The predicted molar refractivity (Wildman–Crippen MR) is 96.9 cm³/mol. The number of rotatable bonds is 4. The zero-order chi connectivity index (χ0) is 17.9. The van der Waals surface area contributed by atoms with Crippen molar-refractivity contribution >= 4 is 6.09 Å². The quantitative estimate of drug-likeness (QED) is 0.813. The molecule has 0 radical (unpaired) electrons. The number of amides is 1. The van der Waals surface area contributed by atoms with E-state index in [9.17, 15) is 4.79 Å². The van der Waals surface area contributed by atoms with Crippen molar-refractivity contribution in [1.82, 2.24) is 4.90 Å². The molecule has 2 aromatic rings. The third-order valence-electron chi connectivity index (χ3n) is 4.03. The molecule has 0 atom stereocenters. The maximum absolute atomic E-state index is 12.2. The first kappa shape index (κ1) is 17.5. The zero-order valence-corrected chi connectivity index (χ0v) is 15.1. The first-order valence-electron chi connectivity index (χ1n) is 8.61. The van der Waals surface area contributed by atoms with Crippen molar-refractivity contribution in [3.05, 3.63) is 70.8 Å². The number of hydrogen-bond acceptors (Lipinski definition) is 3. The highest BCUT2D eigenvalue weighted by atomic mass is 16.6. The van der Waals surface area contributed by atoms with Gasteiger partial charge in [-0.2, -0.15) is 0 Å². The minimum Gasteiger partial charge on any atom is -0.444 e. The Morgan fingerprint density at radius 3 is 2.36 bits per heavy atom. The van der Waals surface area contributed by atoms with E-state index in [0.717, 1.165) is 5.56 Å². The molecule has 0 fully saturated rings. The molecule has 0 unspecified atom stereocenters. The van der Waals surface area contributed by atoms with Crippen molar-refractivity contribution in [3.8, 4) is 0 Å². The normalized spacial score (nSPS) is 13.6. The first-order valence-corrected chi connectivity index (χ1v) is 8.61. The third-order valence-corrected chi connectivity index (χ3v) is 4.03. The molecule has 1 aliphatic heterocycles. The molecule has 4 nitrogen and oxygen atoms in total. The Morgan fingerprint density at radius 2 is 1.64 bits per heavy atom. The average Bonchev–Trinajstić information content (AvgIpc) is 2.98. The number of hydrogen-bond donors (Lipinski definition) is 0. The molecular weight excluding hydrogens is 314 g/mol. The van der Waals surface area contributed by atoms with Crippen LogP contribution in [0.15, 0.2) is 48.5 Å². The van der Waals surface area contributed by atoms with Gasteiger partial charge in [-0.3, -0.25) is 4.90 Å². The molecule has 1 aliphatic rings. The van der Waals surface area contributed by atoms with Crippen LogP contribution in [0.2, 0.25) is 0 Å². The second kappa shape index (κ2) is 7.28. The highest BCUT2D eigenvalue weighted by Crippen LogP contribution is 2.26. The van der Waals surface area contributed by atoms with Crippen LogP contribution in [0.1, 0.15) is 43.0 Å². The molecule has 0 saturated carbocycles. The molecule has 0 aromatic heterocycles. The number of carbonyl (C=O) groups excluding carboxylic acids is 1. The number of carbonyl (C=O) groups is 1. The van der Waals surface area contributed by atoms with Crippen LogP contribution in [0.3, 0.4) is 0 Å². The second-order valence-corrected chi connectivity index (χ2v) is 7.42. The largest absolute Gasteiger partial charge is 0.444 e. The Kier molecular flexibility index (Phi) is 5.09. The molecule has 1 amide bonds. The van der Waals surface area contributed by atoms with Gasteiger partial charge in [0.2, 0.25) is 0 Å². The summed E-state index contributed by atoms with van der Waals surface area (Å²) < 4.78 is 11.3. The van der Waals surface area contributed by atoms with E-state index in [1.54, 1.807) is 4.90 Å². The third kappa shape index (κ3) is 4.83.